The SMILES string of the molecule is CCC(CC)(CNC(=O)c1cccc(C#N)c1)S(C)(=O)=O. The number of nitriles is 1. The Hall–Kier alpha value is -1.87. The summed E-state index contributed by atoms with van der Waals surface area (Å²) in [6.45, 7) is 3.66. The molecule has 0 bridgehead atoms. The molecule has 0 heterocycles. The second-order valence-electron chi connectivity index (χ2n) is 5.04. The van der Waals surface area contributed by atoms with Crippen molar-refractivity contribution >= 4 is 15.7 Å². The van der Waals surface area contributed by atoms with E-state index in [0.29, 0.717) is 24.0 Å². The van der Waals surface area contributed by atoms with E-state index in [1.165, 1.54) is 12.3 Å². The van der Waals surface area contributed by atoms with Crippen LogP contribution < -0.4 is 5.32 Å². The van der Waals surface area contributed by atoms with E-state index in [0.717, 1.165) is 0 Å². The average Bonchev–Trinajstić information content (AvgIpc) is 2.47. The predicted molar refractivity (Wildman–Crippen MR) is 81.6 cm³/mol. The molecule has 0 saturated heterocycles. The highest BCUT2D eigenvalue weighted by atomic mass is 32.2. The Balaban J connectivity index is 2.91. The Morgan fingerprint density at radius 2 is 1.95 bits per heavy atom. The molecular formula is C15H20N2O3S. The second kappa shape index (κ2) is 6.72. The normalized spacial score (nSPS) is 11.7. The molecule has 0 saturated carbocycles. The molecule has 0 radical (unpaired) electrons. The van der Waals surface area contributed by atoms with Crippen LogP contribution in [0.3, 0.4) is 0 Å². The minimum atomic E-state index is -3.28. The lowest BCUT2D eigenvalue weighted by Gasteiger charge is -2.29. The second-order valence-corrected chi connectivity index (χ2v) is 7.45. The van der Waals surface area contributed by atoms with Gasteiger partial charge in [-0.1, -0.05) is 19.9 Å². The van der Waals surface area contributed by atoms with Gasteiger partial charge in [0.05, 0.1) is 16.4 Å². The van der Waals surface area contributed by atoms with Crippen molar-refractivity contribution in [2.75, 3.05) is 12.8 Å². The molecule has 0 unspecified atom stereocenters. The van der Waals surface area contributed by atoms with Gasteiger partial charge in [-0.3, -0.25) is 4.79 Å². The number of hydrogen-bond acceptors (Lipinski definition) is 4. The lowest BCUT2D eigenvalue weighted by Crippen LogP contribution is -2.47. The van der Waals surface area contributed by atoms with Crippen LogP contribution in [0, 0.1) is 11.3 Å². The summed E-state index contributed by atoms with van der Waals surface area (Å²) in [4.78, 5) is 12.1. The minimum Gasteiger partial charge on any atom is -0.350 e. The minimum absolute atomic E-state index is 0.0639. The zero-order valence-electron chi connectivity index (χ0n) is 12.5. The zero-order valence-corrected chi connectivity index (χ0v) is 13.3. The van der Waals surface area contributed by atoms with Crippen LogP contribution in [0.5, 0.6) is 0 Å². The molecule has 0 fully saturated rings. The third kappa shape index (κ3) is 3.82. The first-order chi connectivity index (χ1) is 9.79. The third-order valence-electron chi connectivity index (χ3n) is 3.90. The van der Waals surface area contributed by atoms with Gasteiger partial charge in [0.2, 0.25) is 0 Å². The first-order valence-corrected chi connectivity index (χ1v) is 8.66. The van der Waals surface area contributed by atoms with Gasteiger partial charge in [0.1, 0.15) is 0 Å². The van der Waals surface area contributed by atoms with E-state index < -0.39 is 14.6 Å². The Labute approximate surface area is 125 Å². The predicted octanol–water partition coefficient (Wildman–Crippen LogP) is 1.89. The Morgan fingerprint density at radius 1 is 1.33 bits per heavy atom. The largest absolute Gasteiger partial charge is 0.350 e. The van der Waals surface area contributed by atoms with Gasteiger partial charge in [-0.2, -0.15) is 5.26 Å². The van der Waals surface area contributed by atoms with Crippen molar-refractivity contribution in [3.8, 4) is 6.07 Å². The van der Waals surface area contributed by atoms with E-state index in [9.17, 15) is 13.2 Å². The fourth-order valence-corrected chi connectivity index (χ4v) is 3.61. The van der Waals surface area contributed by atoms with Crippen LogP contribution in [-0.4, -0.2) is 31.9 Å². The number of sulfone groups is 1. The van der Waals surface area contributed by atoms with Gasteiger partial charge < -0.3 is 5.32 Å². The first kappa shape index (κ1) is 17.2. The van der Waals surface area contributed by atoms with Gasteiger partial charge in [-0.15, -0.1) is 0 Å². The van der Waals surface area contributed by atoms with Crippen molar-refractivity contribution in [2.45, 2.75) is 31.4 Å². The van der Waals surface area contributed by atoms with Crippen LogP contribution in [-0.2, 0) is 9.84 Å². The molecule has 0 aromatic heterocycles. The molecule has 0 aliphatic carbocycles. The number of carbonyl (C=O) groups excluding carboxylic acids is 1. The highest BCUT2D eigenvalue weighted by Crippen LogP contribution is 2.24. The zero-order chi connectivity index (χ0) is 16.1. The van der Waals surface area contributed by atoms with E-state index in [-0.39, 0.29) is 12.5 Å². The molecule has 21 heavy (non-hydrogen) atoms. The number of nitrogens with zero attached hydrogens (tertiary/aromatic N) is 1. The Bertz CT molecular complexity index is 656. The number of carbonyl (C=O) groups is 1. The lowest BCUT2D eigenvalue weighted by atomic mass is 10.0. The molecule has 1 amide bonds. The van der Waals surface area contributed by atoms with Crippen LogP contribution in [0.25, 0.3) is 0 Å². The summed E-state index contributed by atoms with van der Waals surface area (Å²) in [5, 5.41) is 11.5. The molecule has 1 aromatic rings. The van der Waals surface area contributed by atoms with E-state index in [2.05, 4.69) is 5.32 Å². The summed E-state index contributed by atoms with van der Waals surface area (Å²) in [5.74, 6) is -0.373. The molecule has 0 atom stereocenters. The van der Waals surface area contributed by atoms with Crippen molar-refractivity contribution in [2.24, 2.45) is 0 Å². The molecule has 0 aliphatic rings. The van der Waals surface area contributed by atoms with E-state index in [1.54, 1.807) is 32.0 Å². The maximum absolute atomic E-state index is 12.1. The first-order valence-electron chi connectivity index (χ1n) is 6.77. The molecule has 5 nitrogen and oxygen atoms in total. The molecule has 0 spiro atoms. The van der Waals surface area contributed by atoms with E-state index in [4.69, 9.17) is 5.26 Å². The fourth-order valence-electron chi connectivity index (χ4n) is 2.23. The number of amides is 1. The maximum atomic E-state index is 12.1. The molecule has 6 heteroatoms. The number of nitrogens with one attached hydrogen (secondary N) is 1. The van der Waals surface area contributed by atoms with Crippen LogP contribution in [0.4, 0.5) is 0 Å². The van der Waals surface area contributed by atoms with Crippen LogP contribution in [0.1, 0.15) is 42.6 Å². The highest BCUT2D eigenvalue weighted by molar-refractivity contribution is 7.92. The van der Waals surface area contributed by atoms with Gasteiger partial charge >= 0.3 is 0 Å². The molecule has 1 N–H and O–H groups in total. The summed E-state index contributed by atoms with van der Waals surface area (Å²) in [6.07, 6.45) is 2.06. The van der Waals surface area contributed by atoms with E-state index >= 15 is 0 Å². The molecule has 1 rings (SSSR count). The fraction of sp³-hybridized carbons (Fsp3) is 0.467. The van der Waals surface area contributed by atoms with Crippen molar-refractivity contribution in [3.63, 3.8) is 0 Å². The molecular weight excluding hydrogens is 288 g/mol. The summed E-state index contributed by atoms with van der Waals surface area (Å²) < 4.78 is 23.0. The van der Waals surface area contributed by atoms with Crippen LogP contribution >= 0.6 is 0 Å². The Kier molecular flexibility index (Phi) is 5.50. The number of hydrogen-bond donors (Lipinski definition) is 1. The quantitative estimate of drug-likeness (QED) is 0.869. The topological polar surface area (TPSA) is 87.0 Å². The van der Waals surface area contributed by atoms with Crippen LogP contribution in [0.2, 0.25) is 0 Å². The standard InChI is InChI=1S/C15H20N2O3S/c1-4-15(5-2,21(3,19)20)11-17-14(18)13-8-6-7-12(9-13)10-16/h6-9H,4-5,11H2,1-3H3,(H,17,18). The van der Waals surface area contributed by atoms with Crippen molar-refractivity contribution in [1.29, 1.82) is 5.26 Å². The Morgan fingerprint density at radius 3 is 2.43 bits per heavy atom. The van der Waals surface area contributed by atoms with E-state index in [1.807, 2.05) is 6.07 Å². The maximum Gasteiger partial charge on any atom is 0.251 e. The van der Waals surface area contributed by atoms with Crippen LogP contribution in [0.15, 0.2) is 24.3 Å². The van der Waals surface area contributed by atoms with Gasteiger partial charge in [0.15, 0.2) is 9.84 Å². The summed E-state index contributed by atoms with van der Waals surface area (Å²) in [6, 6.07) is 8.27. The molecule has 1 aromatic carbocycles. The molecule has 0 aliphatic heterocycles. The van der Waals surface area contributed by atoms with Crippen molar-refractivity contribution < 1.29 is 13.2 Å². The highest BCUT2D eigenvalue weighted by Gasteiger charge is 2.37. The monoisotopic (exact) mass is 308 g/mol. The average molecular weight is 308 g/mol. The summed E-state index contributed by atoms with van der Waals surface area (Å²) in [5.41, 5.74) is 0.742. The van der Waals surface area contributed by atoms with Crippen molar-refractivity contribution in [1.82, 2.24) is 5.32 Å². The van der Waals surface area contributed by atoms with Gasteiger partial charge in [0.25, 0.3) is 5.91 Å². The van der Waals surface area contributed by atoms with Gasteiger partial charge in [0, 0.05) is 18.4 Å². The smallest absolute Gasteiger partial charge is 0.251 e. The lowest BCUT2D eigenvalue weighted by molar-refractivity contribution is 0.0948. The third-order valence-corrected chi connectivity index (χ3v) is 6.20. The van der Waals surface area contributed by atoms with Gasteiger partial charge in [-0.05, 0) is 31.0 Å². The number of rotatable bonds is 6. The van der Waals surface area contributed by atoms with Gasteiger partial charge in [-0.25, -0.2) is 8.42 Å². The summed E-state index contributed by atoms with van der Waals surface area (Å²) >= 11 is 0. The number of benzene rings is 1. The van der Waals surface area contributed by atoms with Crippen molar-refractivity contribution in [3.05, 3.63) is 35.4 Å². The molecule has 114 valence electrons. The summed E-state index contributed by atoms with van der Waals surface area (Å²) in [7, 11) is -3.28.